The molecule has 0 bridgehead atoms. The number of fused-ring (bicyclic) bond motifs is 1. The van der Waals surface area contributed by atoms with Gasteiger partial charge in [-0.15, -0.1) is 0 Å². The molecule has 1 heterocycles. The van der Waals surface area contributed by atoms with Gasteiger partial charge in [0.2, 0.25) is 0 Å². The molecule has 34 heavy (non-hydrogen) atoms. The van der Waals surface area contributed by atoms with Crippen LogP contribution in [0.15, 0.2) is 71.6 Å². The lowest BCUT2D eigenvalue weighted by Gasteiger charge is -2.26. The Morgan fingerprint density at radius 1 is 1.09 bits per heavy atom. The van der Waals surface area contributed by atoms with Crippen molar-refractivity contribution in [2.24, 2.45) is 0 Å². The second-order valence-electron chi connectivity index (χ2n) is 7.60. The minimum Gasteiger partial charge on any atom is -0.486 e. The highest BCUT2D eigenvalue weighted by molar-refractivity contribution is 7.92. The van der Waals surface area contributed by atoms with Gasteiger partial charge in [0.15, 0.2) is 11.5 Å². The fourth-order valence-electron chi connectivity index (χ4n) is 3.33. The number of nitro benzene ring substituents is 1. The van der Waals surface area contributed by atoms with Crippen molar-refractivity contribution in [3.05, 3.63) is 88.0 Å². The van der Waals surface area contributed by atoms with Crippen molar-refractivity contribution in [3.63, 3.8) is 0 Å². The van der Waals surface area contributed by atoms with E-state index in [2.05, 4.69) is 10.0 Å². The zero-order valence-corrected chi connectivity index (χ0v) is 18.9. The molecular weight excluding hydrogens is 462 g/mol. The van der Waals surface area contributed by atoms with Gasteiger partial charge < -0.3 is 14.8 Å². The number of amides is 1. The van der Waals surface area contributed by atoms with Crippen LogP contribution in [0.1, 0.15) is 15.9 Å². The lowest BCUT2D eigenvalue weighted by atomic mass is 10.2. The average molecular weight is 484 g/mol. The molecule has 0 saturated carbocycles. The molecule has 1 atom stereocenters. The van der Waals surface area contributed by atoms with E-state index in [1.807, 2.05) is 12.1 Å². The molecule has 0 radical (unpaired) electrons. The molecule has 176 valence electrons. The number of carbonyl (C=O) groups is 1. The summed E-state index contributed by atoms with van der Waals surface area (Å²) in [6.45, 7) is 2.06. The summed E-state index contributed by atoms with van der Waals surface area (Å²) in [5.74, 6) is 0.915. The fraction of sp³-hybridized carbons (Fsp3) is 0.174. The Hall–Kier alpha value is -4.12. The molecule has 2 N–H and O–H groups in total. The second-order valence-corrected chi connectivity index (χ2v) is 9.28. The third-order valence-electron chi connectivity index (χ3n) is 5.14. The minimum absolute atomic E-state index is 0.209. The Morgan fingerprint density at radius 2 is 1.79 bits per heavy atom. The van der Waals surface area contributed by atoms with Crippen LogP contribution in [-0.2, 0) is 10.0 Å². The number of rotatable bonds is 7. The van der Waals surface area contributed by atoms with Crippen molar-refractivity contribution in [3.8, 4) is 11.5 Å². The predicted octanol–water partition coefficient (Wildman–Crippen LogP) is 3.27. The predicted molar refractivity (Wildman–Crippen MR) is 124 cm³/mol. The van der Waals surface area contributed by atoms with Crippen molar-refractivity contribution >= 4 is 27.3 Å². The standard InChI is InChI=1S/C23H21N3O7S/c1-15-6-11-19(12-20(15)26(28)29)34(30,31)25-17-9-7-16(8-10-17)23(27)24-13-18-14-32-21-4-2-3-5-22(21)33-18/h2-12,18,25H,13-14H2,1H3,(H,24,27). The quantitative estimate of drug-likeness (QED) is 0.389. The first-order valence-electron chi connectivity index (χ1n) is 10.3. The summed E-state index contributed by atoms with van der Waals surface area (Å²) >= 11 is 0. The first-order chi connectivity index (χ1) is 16.2. The molecule has 1 unspecified atom stereocenters. The molecule has 10 nitrogen and oxygen atoms in total. The number of nitrogens with one attached hydrogen (secondary N) is 2. The highest BCUT2D eigenvalue weighted by atomic mass is 32.2. The maximum Gasteiger partial charge on any atom is 0.273 e. The molecular formula is C23H21N3O7S. The van der Waals surface area contributed by atoms with Gasteiger partial charge in [0.1, 0.15) is 12.7 Å². The number of sulfonamides is 1. The maximum absolute atomic E-state index is 12.6. The van der Waals surface area contributed by atoms with Crippen LogP contribution in [0.2, 0.25) is 0 Å². The molecule has 3 aromatic rings. The number of carbonyl (C=O) groups excluding carboxylic acids is 1. The summed E-state index contributed by atoms with van der Waals surface area (Å²) < 4.78 is 39.1. The zero-order chi connectivity index (χ0) is 24.3. The van der Waals surface area contributed by atoms with Gasteiger partial charge in [0.25, 0.3) is 21.6 Å². The van der Waals surface area contributed by atoms with Crippen molar-refractivity contribution in [1.82, 2.24) is 5.32 Å². The van der Waals surface area contributed by atoms with Crippen LogP contribution < -0.4 is 19.5 Å². The fourth-order valence-corrected chi connectivity index (χ4v) is 4.41. The Bertz CT molecular complexity index is 1340. The molecule has 1 aliphatic heterocycles. The van der Waals surface area contributed by atoms with E-state index in [1.165, 1.54) is 43.3 Å². The van der Waals surface area contributed by atoms with Crippen LogP contribution in [0, 0.1) is 17.0 Å². The summed E-state index contributed by atoms with van der Waals surface area (Å²) in [6, 6.07) is 16.8. The molecule has 3 aromatic carbocycles. The molecule has 0 spiro atoms. The number of aryl methyl sites for hydroxylation is 1. The van der Waals surface area contributed by atoms with E-state index in [4.69, 9.17) is 9.47 Å². The number of nitro groups is 1. The number of para-hydroxylation sites is 2. The maximum atomic E-state index is 12.6. The van der Waals surface area contributed by atoms with E-state index in [0.29, 0.717) is 29.2 Å². The number of benzene rings is 3. The number of anilines is 1. The van der Waals surface area contributed by atoms with E-state index in [9.17, 15) is 23.3 Å². The number of ether oxygens (including phenoxy) is 2. The summed E-state index contributed by atoms with van der Waals surface area (Å²) in [5, 5.41) is 13.9. The van der Waals surface area contributed by atoms with Crippen molar-refractivity contribution in [2.75, 3.05) is 17.9 Å². The van der Waals surface area contributed by atoms with E-state index in [0.717, 1.165) is 6.07 Å². The van der Waals surface area contributed by atoms with Gasteiger partial charge in [-0.3, -0.25) is 19.6 Å². The average Bonchev–Trinajstić information content (AvgIpc) is 2.82. The van der Waals surface area contributed by atoms with E-state index >= 15 is 0 Å². The van der Waals surface area contributed by atoms with Crippen molar-refractivity contribution in [1.29, 1.82) is 0 Å². The van der Waals surface area contributed by atoms with Gasteiger partial charge in [-0.25, -0.2) is 8.42 Å². The minimum atomic E-state index is -4.05. The van der Waals surface area contributed by atoms with Crippen LogP contribution >= 0.6 is 0 Å². The van der Waals surface area contributed by atoms with E-state index in [-0.39, 0.29) is 34.8 Å². The Kier molecular flexibility index (Phi) is 6.37. The molecule has 4 rings (SSSR count). The molecule has 0 fully saturated rings. The van der Waals surface area contributed by atoms with Gasteiger partial charge in [-0.1, -0.05) is 18.2 Å². The van der Waals surface area contributed by atoms with Crippen molar-refractivity contribution < 1.29 is 27.6 Å². The summed E-state index contributed by atoms with van der Waals surface area (Å²) in [6.07, 6.45) is -0.344. The summed E-state index contributed by atoms with van der Waals surface area (Å²) in [4.78, 5) is 22.7. The van der Waals surface area contributed by atoms with Gasteiger partial charge >= 0.3 is 0 Å². The highest BCUT2D eigenvalue weighted by Crippen LogP contribution is 2.30. The van der Waals surface area contributed by atoms with Gasteiger partial charge in [-0.05, 0) is 49.4 Å². The smallest absolute Gasteiger partial charge is 0.273 e. The van der Waals surface area contributed by atoms with Gasteiger partial charge in [-0.2, -0.15) is 0 Å². The number of nitrogens with zero attached hydrogens (tertiary/aromatic N) is 1. The van der Waals surface area contributed by atoms with Crippen LogP contribution in [0.25, 0.3) is 0 Å². The molecule has 11 heteroatoms. The van der Waals surface area contributed by atoms with Crippen LogP contribution in [0.4, 0.5) is 11.4 Å². The SMILES string of the molecule is Cc1ccc(S(=O)(=O)Nc2ccc(C(=O)NCC3COc4ccccc4O3)cc2)cc1[N+](=O)[O-]. The molecule has 1 aliphatic rings. The third kappa shape index (κ3) is 5.09. The molecule has 0 saturated heterocycles. The lowest BCUT2D eigenvalue weighted by Crippen LogP contribution is -2.40. The number of hydrogen-bond acceptors (Lipinski definition) is 7. The van der Waals surface area contributed by atoms with Gasteiger partial charge in [0.05, 0.1) is 16.4 Å². The molecule has 1 amide bonds. The molecule has 0 aliphatic carbocycles. The summed E-state index contributed by atoms with van der Waals surface area (Å²) in [7, 11) is -4.05. The first kappa shape index (κ1) is 23.1. The topological polar surface area (TPSA) is 137 Å². The molecule has 0 aromatic heterocycles. The highest BCUT2D eigenvalue weighted by Gasteiger charge is 2.22. The van der Waals surface area contributed by atoms with Gasteiger partial charge in [0, 0.05) is 22.9 Å². The van der Waals surface area contributed by atoms with Crippen LogP contribution in [-0.4, -0.2) is 38.5 Å². The summed E-state index contributed by atoms with van der Waals surface area (Å²) in [5.41, 5.74) is 0.603. The monoisotopic (exact) mass is 483 g/mol. The van der Waals surface area contributed by atoms with E-state index in [1.54, 1.807) is 12.1 Å². The Balaban J connectivity index is 1.37. The second kappa shape index (κ2) is 9.40. The Labute approximate surface area is 195 Å². The number of hydrogen-bond donors (Lipinski definition) is 2. The van der Waals surface area contributed by atoms with Crippen LogP contribution in [0.3, 0.4) is 0 Å². The zero-order valence-electron chi connectivity index (χ0n) is 18.1. The lowest BCUT2D eigenvalue weighted by molar-refractivity contribution is -0.385. The Morgan fingerprint density at radius 3 is 2.50 bits per heavy atom. The normalized spacial score (nSPS) is 14.8. The largest absolute Gasteiger partial charge is 0.486 e. The van der Waals surface area contributed by atoms with Crippen LogP contribution in [0.5, 0.6) is 11.5 Å². The third-order valence-corrected chi connectivity index (χ3v) is 6.52. The van der Waals surface area contributed by atoms with Crippen molar-refractivity contribution in [2.45, 2.75) is 17.9 Å². The van der Waals surface area contributed by atoms with E-state index < -0.39 is 14.9 Å². The first-order valence-corrected chi connectivity index (χ1v) is 11.8.